The molecule has 2 rings (SSSR count). The molecule has 0 aliphatic rings. The molecule has 0 aliphatic carbocycles. The Morgan fingerprint density at radius 3 is 2.33 bits per heavy atom. The maximum Gasteiger partial charge on any atom is 0.0449 e. The van der Waals surface area contributed by atoms with Crippen LogP contribution in [0.4, 0.5) is 0 Å². The molecular weight excluding hydrogens is 272 g/mol. The molecule has 0 aromatic heterocycles. The van der Waals surface area contributed by atoms with E-state index in [1.54, 1.807) is 0 Å². The smallest absolute Gasteiger partial charge is 0.0449 e. The van der Waals surface area contributed by atoms with E-state index in [0.717, 1.165) is 16.8 Å². The molecule has 2 aromatic rings. The van der Waals surface area contributed by atoms with Gasteiger partial charge in [0, 0.05) is 4.86 Å². The summed E-state index contributed by atoms with van der Waals surface area (Å²) >= 11 is 5.52. The molecule has 0 saturated heterocycles. The number of hydrogen-bond acceptors (Lipinski definition) is 1. The summed E-state index contributed by atoms with van der Waals surface area (Å²) in [6.45, 7) is 8.61. The maximum absolute atomic E-state index is 5.52. The van der Waals surface area contributed by atoms with E-state index in [1.165, 1.54) is 27.8 Å². The highest BCUT2D eigenvalue weighted by molar-refractivity contribution is 7.81. The van der Waals surface area contributed by atoms with Crippen molar-refractivity contribution in [3.63, 3.8) is 0 Å². The summed E-state index contributed by atoms with van der Waals surface area (Å²) < 4.78 is 0. The van der Waals surface area contributed by atoms with Crippen LogP contribution in [0.5, 0.6) is 0 Å². The zero-order valence-electron chi connectivity index (χ0n) is 13.2. The van der Waals surface area contributed by atoms with Gasteiger partial charge in [0.15, 0.2) is 0 Å². The lowest BCUT2D eigenvalue weighted by molar-refractivity contribution is 1.14. The van der Waals surface area contributed by atoms with Gasteiger partial charge in [-0.1, -0.05) is 67.2 Å². The van der Waals surface area contributed by atoms with Crippen LogP contribution in [0.15, 0.2) is 42.5 Å². The average molecular weight is 294 g/mol. The second-order valence-electron chi connectivity index (χ2n) is 5.54. The Bertz CT molecular complexity index is 676. The summed E-state index contributed by atoms with van der Waals surface area (Å²) in [5.41, 5.74) is 7.64. The van der Waals surface area contributed by atoms with E-state index in [-0.39, 0.29) is 0 Å². The quantitative estimate of drug-likeness (QED) is 0.401. The molecule has 21 heavy (non-hydrogen) atoms. The number of benzene rings is 2. The Morgan fingerprint density at radius 1 is 1.05 bits per heavy atom. The van der Waals surface area contributed by atoms with Crippen molar-refractivity contribution in [2.45, 2.75) is 34.1 Å². The summed E-state index contributed by atoms with van der Waals surface area (Å²) in [7, 11) is 0. The van der Waals surface area contributed by atoms with Crippen LogP contribution in [0.25, 0.3) is 6.08 Å². The van der Waals surface area contributed by atoms with E-state index < -0.39 is 0 Å². The van der Waals surface area contributed by atoms with Crippen molar-refractivity contribution in [3.05, 3.63) is 75.9 Å². The lowest BCUT2D eigenvalue weighted by atomic mass is 9.99. The van der Waals surface area contributed by atoms with Gasteiger partial charge in [-0.05, 0) is 61.1 Å². The van der Waals surface area contributed by atoms with Gasteiger partial charge in [-0.3, -0.25) is 0 Å². The summed E-state index contributed by atoms with van der Waals surface area (Å²) in [6.07, 6.45) is 5.23. The fourth-order valence-corrected chi connectivity index (χ4v) is 2.62. The molecule has 0 unspecified atom stereocenters. The zero-order chi connectivity index (χ0) is 15.4. The topological polar surface area (TPSA) is 0 Å². The van der Waals surface area contributed by atoms with Gasteiger partial charge in [-0.2, -0.15) is 0 Å². The van der Waals surface area contributed by atoms with Crippen LogP contribution >= 0.6 is 12.2 Å². The van der Waals surface area contributed by atoms with Gasteiger partial charge in [-0.25, -0.2) is 0 Å². The van der Waals surface area contributed by atoms with E-state index in [1.807, 2.05) is 6.08 Å². The predicted molar refractivity (Wildman–Crippen MR) is 97.2 cm³/mol. The first-order chi connectivity index (χ1) is 10.0. The van der Waals surface area contributed by atoms with Crippen molar-refractivity contribution in [3.8, 4) is 0 Å². The highest BCUT2D eigenvalue weighted by Crippen LogP contribution is 2.18. The lowest BCUT2D eigenvalue weighted by Crippen LogP contribution is -1.94. The van der Waals surface area contributed by atoms with E-state index in [2.05, 4.69) is 70.2 Å². The largest absolute Gasteiger partial charge is 0.0795 e. The van der Waals surface area contributed by atoms with Crippen molar-refractivity contribution < 1.29 is 0 Å². The fourth-order valence-electron chi connectivity index (χ4n) is 2.41. The molecule has 0 aliphatic heterocycles. The first kappa shape index (κ1) is 15.7. The summed E-state index contributed by atoms with van der Waals surface area (Å²) in [6, 6.07) is 12.9. The Morgan fingerprint density at radius 2 is 1.71 bits per heavy atom. The monoisotopic (exact) mass is 294 g/mol. The molecule has 0 nitrogen and oxygen atoms in total. The molecule has 0 saturated carbocycles. The van der Waals surface area contributed by atoms with Crippen molar-refractivity contribution in [2.24, 2.45) is 0 Å². The second-order valence-corrected chi connectivity index (χ2v) is 5.98. The minimum atomic E-state index is 0.885. The molecule has 0 heterocycles. The van der Waals surface area contributed by atoms with Gasteiger partial charge >= 0.3 is 0 Å². The van der Waals surface area contributed by atoms with E-state index in [0.29, 0.717) is 0 Å². The van der Waals surface area contributed by atoms with E-state index in [9.17, 15) is 0 Å². The van der Waals surface area contributed by atoms with E-state index >= 15 is 0 Å². The molecule has 0 N–H and O–H groups in total. The normalized spacial score (nSPS) is 11.0. The second kappa shape index (κ2) is 6.82. The van der Waals surface area contributed by atoms with Crippen LogP contribution in [0.2, 0.25) is 0 Å². The van der Waals surface area contributed by atoms with Gasteiger partial charge in [0.2, 0.25) is 0 Å². The van der Waals surface area contributed by atoms with Crippen LogP contribution in [-0.2, 0) is 6.42 Å². The molecule has 0 radical (unpaired) electrons. The molecule has 0 amide bonds. The standard InChI is InChI=1S/C20H22S/c1-5-17-6-8-18(9-7-17)20(21)11-10-19-13-14(2)12-15(3)16(19)4/h6-13H,5H2,1-4H3. The van der Waals surface area contributed by atoms with Gasteiger partial charge in [0.05, 0.1) is 0 Å². The first-order valence-corrected chi connectivity index (χ1v) is 7.81. The summed E-state index contributed by atoms with van der Waals surface area (Å²) in [5, 5.41) is 0. The lowest BCUT2D eigenvalue weighted by Gasteiger charge is -2.07. The third kappa shape index (κ3) is 3.89. The van der Waals surface area contributed by atoms with Crippen LogP contribution in [0.3, 0.4) is 0 Å². The third-order valence-corrected chi connectivity index (χ3v) is 4.28. The predicted octanol–water partition coefficient (Wildman–Crippen LogP) is 5.61. The minimum absolute atomic E-state index is 0.885. The van der Waals surface area contributed by atoms with E-state index in [4.69, 9.17) is 12.2 Å². The molecule has 1 heteroatoms. The SMILES string of the molecule is CCc1ccc(C(=S)C=Cc2cc(C)cc(C)c2C)cc1. The van der Waals surface area contributed by atoms with Gasteiger partial charge in [-0.15, -0.1) is 0 Å². The van der Waals surface area contributed by atoms with Crippen LogP contribution < -0.4 is 0 Å². The number of thiocarbonyl (C=S) groups is 1. The summed E-state index contributed by atoms with van der Waals surface area (Å²) in [5.74, 6) is 0. The van der Waals surface area contributed by atoms with Crippen molar-refractivity contribution in [2.75, 3.05) is 0 Å². The summed E-state index contributed by atoms with van der Waals surface area (Å²) in [4.78, 5) is 0.885. The molecule has 0 spiro atoms. The maximum atomic E-state index is 5.52. The van der Waals surface area contributed by atoms with Crippen LogP contribution in [0, 0.1) is 20.8 Å². The minimum Gasteiger partial charge on any atom is -0.0795 e. The Hall–Kier alpha value is -1.73. The van der Waals surface area contributed by atoms with Crippen molar-refractivity contribution >= 4 is 23.2 Å². The number of aryl methyl sites for hydroxylation is 3. The highest BCUT2D eigenvalue weighted by Gasteiger charge is 2.01. The van der Waals surface area contributed by atoms with Gasteiger partial charge < -0.3 is 0 Å². The van der Waals surface area contributed by atoms with Crippen molar-refractivity contribution in [1.29, 1.82) is 0 Å². The number of hydrogen-bond donors (Lipinski definition) is 0. The Kier molecular flexibility index (Phi) is 5.08. The van der Waals surface area contributed by atoms with Crippen molar-refractivity contribution in [1.82, 2.24) is 0 Å². The van der Waals surface area contributed by atoms with Crippen LogP contribution in [-0.4, -0.2) is 4.86 Å². The fraction of sp³-hybridized carbons (Fsp3) is 0.250. The zero-order valence-corrected chi connectivity index (χ0v) is 14.1. The van der Waals surface area contributed by atoms with Crippen LogP contribution in [0.1, 0.15) is 40.3 Å². The molecule has 108 valence electrons. The number of rotatable bonds is 4. The average Bonchev–Trinajstić information content (AvgIpc) is 2.49. The first-order valence-electron chi connectivity index (χ1n) is 7.40. The van der Waals surface area contributed by atoms with Gasteiger partial charge in [0.25, 0.3) is 0 Å². The molecule has 0 fully saturated rings. The Balaban J connectivity index is 2.22. The van der Waals surface area contributed by atoms with Gasteiger partial charge in [0.1, 0.15) is 0 Å². The molecule has 2 aromatic carbocycles. The highest BCUT2D eigenvalue weighted by atomic mass is 32.1. The number of allylic oxidation sites excluding steroid dienone is 1. The molecule has 0 bridgehead atoms. The molecular formula is C20H22S. The molecule has 0 atom stereocenters. The Labute approximate surface area is 133 Å². The third-order valence-electron chi connectivity index (χ3n) is 3.91.